The summed E-state index contributed by atoms with van der Waals surface area (Å²) in [6.07, 6.45) is -0.302. The number of aliphatic imine (C=N–C) groups is 2. The van der Waals surface area contributed by atoms with Crippen LogP contribution in [0.15, 0.2) is 190 Å². The minimum absolute atomic E-state index is 0.302. The van der Waals surface area contributed by atoms with Crippen molar-refractivity contribution in [2.75, 3.05) is 0 Å². The number of fused-ring (bicyclic) bond motifs is 3. The molecule has 4 heteroatoms. The van der Waals surface area contributed by atoms with Gasteiger partial charge in [-0.2, -0.15) is 0 Å². The van der Waals surface area contributed by atoms with Gasteiger partial charge in [-0.3, -0.25) is 0 Å². The minimum Gasteiger partial charge on any atom is -0.456 e. The third-order valence-electron chi connectivity index (χ3n) is 9.16. The molecule has 1 aliphatic rings. The Morgan fingerprint density at radius 1 is 0.449 bits per heavy atom. The lowest BCUT2D eigenvalue weighted by Crippen LogP contribution is -2.33. The van der Waals surface area contributed by atoms with E-state index in [1.54, 1.807) is 0 Å². The molecule has 1 N–H and O–H groups in total. The lowest BCUT2D eigenvalue weighted by molar-refractivity contribution is 0.667. The molecule has 49 heavy (non-hydrogen) atoms. The van der Waals surface area contributed by atoms with Gasteiger partial charge in [-0.15, -0.1) is 0 Å². The molecule has 0 aliphatic carbocycles. The maximum Gasteiger partial charge on any atom is 0.159 e. The molecule has 9 rings (SSSR count). The van der Waals surface area contributed by atoms with Crippen LogP contribution in [-0.4, -0.2) is 11.7 Å². The van der Waals surface area contributed by atoms with E-state index in [4.69, 9.17) is 14.4 Å². The third kappa shape index (κ3) is 5.30. The van der Waals surface area contributed by atoms with Crippen molar-refractivity contribution in [3.8, 4) is 33.4 Å². The predicted molar refractivity (Wildman–Crippen MR) is 202 cm³/mol. The fourth-order valence-corrected chi connectivity index (χ4v) is 6.86. The Morgan fingerprint density at radius 3 is 1.71 bits per heavy atom. The van der Waals surface area contributed by atoms with Crippen LogP contribution in [0.2, 0.25) is 0 Å². The molecule has 1 unspecified atom stereocenters. The van der Waals surface area contributed by atoms with Crippen LogP contribution >= 0.6 is 0 Å². The van der Waals surface area contributed by atoms with Gasteiger partial charge in [0, 0.05) is 21.9 Å². The average Bonchev–Trinajstić information content (AvgIpc) is 3.57. The topological polar surface area (TPSA) is 49.9 Å². The first kappa shape index (κ1) is 28.7. The van der Waals surface area contributed by atoms with Crippen molar-refractivity contribution in [1.29, 1.82) is 0 Å². The quantitative estimate of drug-likeness (QED) is 0.199. The Labute approximate surface area is 284 Å². The van der Waals surface area contributed by atoms with Crippen molar-refractivity contribution in [2.24, 2.45) is 9.98 Å². The molecular formula is C45H31N3O. The number of amidine groups is 2. The molecule has 232 valence electrons. The second kappa shape index (κ2) is 12.3. The van der Waals surface area contributed by atoms with Crippen LogP contribution in [0.5, 0.6) is 0 Å². The normalized spacial score (nSPS) is 14.3. The highest BCUT2D eigenvalue weighted by atomic mass is 16.3. The highest BCUT2D eigenvalue weighted by molar-refractivity contribution is 6.19. The van der Waals surface area contributed by atoms with Crippen LogP contribution in [0.3, 0.4) is 0 Å². The fraction of sp³-hybridized carbons (Fsp3) is 0.0222. The zero-order chi connectivity index (χ0) is 32.6. The van der Waals surface area contributed by atoms with Gasteiger partial charge in [0.25, 0.3) is 0 Å². The van der Waals surface area contributed by atoms with Crippen LogP contribution in [0, 0.1) is 0 Å². The molecule has 0 bridgehead atoms. The van der Waals surface area contributed by atoms with Crippen LogP contribution in [0.25, 0.3) is 55.3 Å². The van der Waals surface area contributed by atoms with E-state index in [9.17, 15) is 0 Å². The molecule has 4 nitrogen and oxygen atoms in total. The Balaban J connectivity index is 1.29. The Morgan fingerprint density at radius 2 is 1.00 bits per heavy atom. The van der Waals surface area contributed by atoms with Gasteiger partial charge in [-0.25, -0.2) is 9.98 Å². The van der Waals surface area contributed by atoms with Crippen molar-refractivity contribution in [1.82, 2.24) is 5.32 Å². The summed E-state index contributed by atoms with van der Waals surface area (Å²) in [5.41, 5.74) is 11.5. The monoisotopic (exact) mass is 629 g/mol. The van der Waals surface area contributed by atoms with E-state index in [-0.39, 0.29) is 6.17 Å². The zero-order valence-corrected chi connectivity index (χ0v) is 26.6. The number of nitrogens with zero attached hydrogens (tertiary/aromatic N) is 2. The predicted octanol–water partition coefficient (Wildman–Crippen LogP) is 11.1. The van der Waals surface area contributed by atoms with Gasteiger partial charge in [0.1, 0.15) is 23.2 Å². The zero-order valence-electron chi connectivity index (χ0n) is 26.6. The number of hydrogen-bond acceptors (Lipinski definition) is 4. The Hall–Kier alpha value is -6.52. The molecule has 0 saturated carbocycles. The highest BCUT2D eigenvalue weighted by Crippen LogP contribution is 2.43. The molecule has 2 heterocycles. The first-order chi connectivity index (χ1) is 24.3. The van der Waals surface area contributed by atoms with Crippen LogP contribution in [-0.2, 0) is 0 Å². The van der Waals surface area contributed by atoms with E-state index in [2.05, 4.69) is 133 Å². The molecule has 8 aromatic rings. The Bertz CT molecular complexity index is 2510. The number of benzene rings is 7. The number of rotatable bonds is 6. The standard InChI is InChI=1S/C45H31N3O/c1-4-16-30(17-5-1)34-22-10-11-23-35(34)36-24-12-13-25-37(36)39-28-33(29-41-42(39)38-26-14-15-27-40(38)49-41)45-47-43(31-18-6-2-7-19-31)46-44(48-45)32-20-8-3-9-21-32/h1-29,43H,(H,46,47,48). The Kier molecular flexibility index (Phi) is 7.17. The maximum atomic E-state index is 6.59. The number of nitrogens with one attached hydrogen (secondary N) is 1. The summed E-state index contributed by atoms with van der Waals surface area (Å²) in [5, 5.41) is 5.73. The van der Waals surface area contributed by atoms with Crippen molar-refractivity contribution >= 4 is 33.6 Å². The van der Waals surface area contributed by atoms with E-state index in [0.29, 0.717) is 5.84 Å². The van der Waals surface area contributed by atoms with E-state index in [1.807, 2.05) is 48.5 Å². The summed E-state index contributed by atoms with van der Waals surface area (Å²) in [5.74, 6) is 1.43. The molecule has 1 aromatic heterocycles. The summed E-state index contributed by atoms with van der Waals surface area (Å²) in [7, 11) is 0. The third-order valence-corrected chi connectivity index (χ3v) is 9.16. The van der Waals surface area contributed by atoms with E-state index in [1.165, 1.54) is 16.7 Å². The number of hydrogen-bond donors (Lipinski definition) is 1. The van der Waals surface area contributed by atoms with Crippen LogP contribution < -0.4 is 5.32 Å². The van der Waals surface area contributed by atoms with E-state index < -0.39 is 0 Å². The van der Waals surface area contributed by atoms with Crippen molar-refractivity contribution in [3.63, 3.8) is 0 Å². The SMILES string of the molecule is c1ccc(C2=NC(c3cc(-c4ccccc4-c4ccccc4-c4ccccc4)c4c(c3)oc3ccccc34)=NC(c3ccccc3)N2)cc1. The van der Waals surface area contributed by atoms with Gasteiger partial charge < -0.3 is 9.73 Å². The van der Waals surface area contributed by atoms with Gasteiger partial charge in [-0.1, -0.05) is 158 Å². The molecule has 7 aromatic carbocycles. The van der Waals surface area contributed by atoms with Gasteiger partial charge in [0.15, 0.2) is 5.84 Å². The van der Waals surface area contributed by atoms with Gasteiger partial charge in [0.2, 0.25) is 0 Å². The maximum absolute atomic E-state index is 6.59. The molecule has 1 atom stereocenters. The summed E-state index contributed by atoms with van der Waals surface area (Å²) in [6.45, 7) is 0. The molecule has 0 radical (unpaired) electrons. The lowest BCUT2D eigenvalue weighted by atomic mass is 9.87. The van der Waals surface area contributed by atoms with Gasteiger partial charge in [0.05, 0.1) is 0 Å². The van der Waals surface area contributed by atoms with Crippen LogP contribution in [0.4, 0.5) is 0 Å². The smallest absolute Gasteiger partial charge is 0.159 e. The van der Waals surface area contributed by atoms with E-state index >= 15 is 0 Å². The first-order valence-corrected chi connectivity index (χ1v) is 16.5. The number of para-hydroxylation sites is 1. The molecule has 0 fully saturated rings. The molecule has 0 amide bonds. The lowest BCUT2D eigenvalue weighted by Gasteiger charge is -2.24. The summed E-state index contributed by atoms with van der Waals surface area (Å²) >= 11 is 0. The van der Waals surface area contributed by atoms with Gasteiger partial charge >= 0.3 is 0 Å². The van der Waals surface area contributed by atoms with Crippen LogP contribution in [0.1, 0.15) is 22.9 Å². The second-order valence-corrected chi connectivity index (χ2v) is 12.2. The molecule has 0 saturated heterocycles. The first-order valence-electron chi connectivity index (χ1n) is 16.5. The highest BCUT2D eigenvalue weighted by Gasteiger charge is 2.24. The minimum atomic E-state index is -0.302. The summed E-state index contributed by atoms with van der Waals surface area (Å²) in [4.78, 5) is 10.3. The average molecular weight is 630 g/mol. The second-order valence-electron chi connectivity index (χ2n) is 12.2. The summed E-state index contributed by atoms with van der Waals surface area (Å²) < 4.78 is 6.59. The van der Waals surface area contributed by atoms with E-state index in [0.717, 1.165) is 61.2 Å². The van der Waals surface area contributed by atoms with Gasteiger partial charge in [-0.05, 0) is 57.1 Å². The van der Waals surface area contributed by atoms with Crippen molar-refractivity contribution in [2.45, 2.75) is 6.17 Å². The largest absolute Gasteiger partial charge is 0.456 e. The van der Waals surface area contributed by atoms with Crippen molar-refractivity contribution < 1.29 is 4.42 Å². The van der Waals surface area contributed by atoms with Crippen molar-refractivity contribution in [3.05, 3.63) is 193 Å². The number of furan rings is 1. The molecular weight excluding hydrogens is 599 g/mol. The summed E-state index contributed by atoms with van der Waals surface area (Å²) in [6, 6.07) is 61.1. The molecule has 1 aliphatic heterocycles. The molecule has 0 spiro atoms. The fourth-order valence-electron chi connectivity index (χ4n) is 6.86.